The van der Waals surface area contributed by atoms with Crippen LogP contribution in [-0.4, -0.2) is 36.5 Å². The van der Waals surface area contributed by atoms with Gasteiger partial charge >= 0.3 is 5.97 Å². The average molecular weight is 232 g/mol. The van der Waals surface area contributed by atoms with E-state index in [0.717, 1.165) is 12.8 Å². The molecule has 0 aromatic carbocycles. The summed E-state index contributed by atoms with van der Waals surface area (Å²) in [6.45, 7) is 3.69. The van der Waals surface area contributed by atoms with Gasteiger partial charge in [0.2, 0.25) is 8.32 Å². The Bertz CT molecular complexity index is 216. The zero-order valence-electron chi connectivity index (χ0n) is 9.40. The van der Waals surface area contributed by atoms with Crippen LogP contribution in [0.15, 0.2) is 0 Å². The van der Waals surface area contributed by atoms with Crippen molar-refractivity contribution in [3.05, 3.63) is 0 Å². The predicted molar refractivity (Wildman–Crippen MR) is 59.0 cm³/mol. The molecule has 5 heteroatoms. The van der Waals surface area contributed by atoms with Crippen LogP contribution in [0.4, 0.5) is 0 Å². The molecule has 0 atom stereocenters. The highest BCUT2D eigenvalue weighted by Crippen LogP contribution is 2.26. The molecule has 0 unspecified atom stereocenters. The number of aliphatic carboxylic acids is 1. The lowest BCUT2D eigenvalue weighted by molar-refractivity contribution is -0.143. The molecule has 0 aliphatic heterocycles. The highest BCUT2D eigenvalue weighted by Gasteiger charge is 2.28. The number of ether oxygens (including phenoxy) is 1. The minimum absolute atomic E-state index is 0.152. The van der Waals surface area contributed by atoms with Crippen molar-refractivity contribution in [1.29, 1.82) is 0 Å². The van der Waals surface area contributed by atoms with Crippen LogP contribution in [0, 0.1) is 5.92 Å². The Morgan fingerprint density at radius 2 is 1.87 bits per heavy atom. The summed E-state index contributed by atoms with van der Waals surface area (Å²) >= 11 is 0. The fourth-order valence-corrected chi connectivity index (χ4v) is 2.44. The summed E-state index contributed by atoms with van der Waals surface area (Å²) in [6, 6.07) is 0. The standard InChI is InChI=1S/C10H20O4Si/c1-15(2,13)7-14-9-5-3-8(4-6-9)10(11)12/h8-9,13H,3-7H2,1-2H3,(H,11,12). The number of carboxylic acids is 1. The number of rotatable bonds is 4. The molecule has 1 aliphatic carbocycles. The quantitative estimate of drug-likeness (QED) is 0.719. The summed E-state index contributed by atoms with van der Waals surface area (Å²) in [5.74, 6) is -0.880. The molecule has 0 heterocycles. The topological polar surface area (TPSA) is 66.8 Å². The zero-order chi connectivity index (χ0) is 11.5. The first-order valence-electron chi connectivity index (χ1n) is 5.45. The predicted octanol–water partition coefficient (Wildman–Crippen LogP) is 1.38. The van der Waals surface area contributed by atoms with Crippen LogP contribution >= 0.6 is 0 Å². The van der Waals surface area contributed by atoms with Crippen molar-refractivity contribution in [3.8, 4) is 0 Å². The van der Waals surface area contributed by atoms with E-state index in [1.54, 1.807) is 0 Å². The van der Waals surface area contributed by atoms with Gasteiger partial charge < -0.3 is 14.6 Å². The van der Waals surface area contributed by atoms with Crippen molar-refractivity contribution in [2.75, 3.05) is 6.23 Å². The van der Waals surface area contributed by atoms with Crippen LogP contribution in [0.3, 0.4) is 0 Å². The van der Waals surface area contributed by atoms with Crippen molar-refractivity contribution in [3.63, 3.8) is 0 Å². The van der Waals surface area contributed by atoms with E-state index in [2.05, 4.69) is 0 Å². The molecule has 0 bridgehead atoms. The van der Waals surface area contributed by atoms with Gasteiger partial charge in [-0.05, 0) is 38.8 Å². The van der Waals surface area contributed by atoms with E-state index in [4.69, 9.17) is 9.84 Å². The largest absolute Gasteiger partial charge is 0.481 e. The van der Waals surface area contributed by atoms with Crippen molar-refractivity contribution in [2.45, 2.75) is 44.9 Å². The summed E-state index contributed by atoms with van der Waals surface area (Å²) < 4.78 is 5.59. The van der Waals surface area contributed by atoms with Gasteiger partial charge in [0.1, 0.15) is 0 Å². The molecule has 1 aliphatic rings. The minimum atomic E-state index is -2.12. The average Bonchev–Trinajstić information content (AvgIpc) is 2.14. The molecule has 0 aromatic rings. The highest BCUT2D eigenvalue weighted by molar-refractivity contribution is 6.69. The number of hydrogen-bond donors (Lipinski definition) is 2. The molecule has 4 nitrogen and oxygen atoms in total. The minimum Gasteiger partial charge on any atom is -0.481 e. The lowest BCUT2D eigenvalue weighted by Gasteiger charge is -2.27. The van der Waals surface area contributed by atoms with E-state index in [1.807, 2.05) is 13.1 Å². The van der Waals surface area contributed by atoms with Crippen LogP contribution < -0.4 is 0 Å². The molecule has 1 fully saturated rings. The van der Waals surface area contributed by atoms with E-state index in [9.17, 15) is 9.59 Å². The van der Waals surface area contributed by atoms with E-state index >= 15 is 0 Å². The normalized spacial score (nSPS) is 27.7. The highest BCUT2D eigenvalue weighted by atomic mass is 28.4. The lowest BCUT2D eigenvalue weighted by Crippen LogP contribution is -2.36. The maximum absolute atomic E-state index is 10.7. The summed E-state index contributed by atoms with van der Waals surface area (Å²) in [7, 11) is -2.12. The molecule has 0 radical (unpaired) electrons. The fraction of sp³-hybridized carbons (Fsp3) is 0.900. The van der Waals surface area contributed by atoms with Crippen molar-refractivity contribution < 1.29 is 19.4 Å². The first-order chi connectivity index (χ1) is 6.88. The van der Waals surface area contributed by atoms with Gasteiger partial charge in [0, 0.05) is 0 Å². The second kappa shape index (κ2) is 5.09. The fourth-order valence-electron chi connectivity index (χ4n) is 1.80. The first-order valence-corrected chi connectivity index (χ1v) is 8.61. The second-order valence-corrected chi connectivity index (χ2v) is 8.85. The Morgan fingerprint density at radius 3 is 2.27 bits per heavy atom. The van der Waals surface area contributed by atoms with Crippen LogP contribution in [0.25, 0.3) is 0 Å². The van der Waals surface area contributed by atoms with Crippen molar-refractivity contribution in [2.24, 2.45) is 5.92 Å². The molecule has 0 spiro atoms. The van der Waals surface area contributed by atoms with Gasteiger partial charge in [-0.25, -0.2) is 0 Å². The molecule has 0 saturated heterocycles. The monoisotopic (exact) mass is 232 g/mol. The molecule has 1 rings (SSSR count). The zero-order valence-corrected chi connectivity index (χ0v) is 10.4. The van der Waals surface area contributed by atoms with Gasteiger partial charge in [-0.15, -0.1) is 0 Å². The van der Waals surface area contributed by atoms with E-state index in [-0.39, 0.29) is 12.0 Å². The summed E-state index contributed by atoms with van der Waals surface area (Å²) in [6.07, 6.45) is 3.62. The first kappa shape index (κ1) is 12.7. The maximum atomic E-state index is 10.7. The molecule has 0 aromatic heterocycles. The Morgan fingerprint density at radius 1 is 1.33 bits per heavy atom. The smallest absolute Gasteiger partial charge is 0.306 e. The van der Waals surface area contributed by atoms with Crippen molar-refractivity contribution >= 4 is 14.3 Å². The maximum Gasteiger partial charge on any atom is 0.306 e. The molecule has 0 amide bonds. The third-order valence-electron chi connectivity index (χ3n) is 2.70. The van der Waals surface area contributed by atoms with E-state index in [1.165, 1.54) is 0 Å². The van der Waals surface area contributed by atoms with Gasteiger partial charge in [0.05, 0.1) is 18.3 Å². The van der Waals surface area contributed by atoms with Crippen molar-refractivity contribution in [1.82, 2.24) is 0 Å². The van der Waals surface area contributed by atoms with Crippen LogP contribution in [0.2, 0.25) is 13.1 Å². The molecular formula is C10H20O4Si. The molecule has 2 N–H and O–H groups in total. The molecule has 15 heavy (non-hydrogen) atoms. The number of carboxylic acid groups (broad SMARTS) is 1. The Labute approximate surface area is 91.4 Å². The van der Waals surface area contributed by atoms with Crippen LogP contribution in [-0.2, 0) is 9.53 Å². The third kappa shape index (κ3) is 4.77. The molecule has 88 valence electrons. The lowest BCUT2D eigenvalue weighted by atomic mass is 9.87. The van der Waals surface area contributed by atoms with Gasteiger partial charge in [-0.1, -0.05) is 0 Å². The van der Waals surface area contributed by atoms with Gasteiger partial charge in [0.15, 0.2) is 0 Å². The van der Waals surface area contributed by atoms with Gasteiger partial charge in [0.25, 0.3) is 0 Å². The van der Waals surface area contributed by atoms with E-state index < -0.39 is 14.3 Å². The van der Waals surface area contributed by atoms with Gasteiger partial charge in [-0.2, -0.15) is 0 Å². The second-order valence-electron chi connectivity index (χ2n) is 4.94. The van der Waals surface area contributed by atoms with E-state index in [0.29, 0.717) is 19.1 Å². The van der Waals surface area contributed by atoms with Crippen LogP contribution in [0.1, 0.15) is 25.7 Å². The number of carbonyl (C=O) groups is 1. The third-order valence-corrected chi connectivity index (χ3v) is 3.57. The summed E-state index contributed by atoms with van der Waals surface area (Å²) in [4.78, 5) is 20.3. The van der Waals surface area contributed by atoms with Gasteiger partial charge in [-0.3, -0.25) is 4.79 Å². The summed E-state index contributed by atoms with van der Waals surface area (Å²) in [5.41, 5.74) is 0. The number of hydrogen-bond acceptors (Lipinski definition) is 3. The Kier molecular flexibility index (Phi) is 4.30. The summed E-state index contributed by atoms with van der Waals surface area (Å²) in [5, 5.41) is 8.81. The Hall–Kier alpha value is -0.393. The SMILES string of the molecule is C[Si](C)(O)COC1CCC(C(=O)O)CC1. The Balaban J connectivity index is 2.23. The molecular weight excluding hydrogens is 212 g/mol. The van der Waals surface area contributed by atoms with Crippen LogP contribution in [0.5, 0.6) is 0 Å². The molecule has 1 saturated carbocycles.